The molecule has 0 unspecified atom stereocenters. The summed E-state index contributed by atoms with van der Waals surface area (Å²) < 4.78 is 1.39. The van der Waals surface area contributed by atoms with Crippen LogP contribution in [0, 0.1) is 0 Å². The van der Waals surface area contributed by atoms with Crippen molar-refractivity contribution in [2.45, 2.75) is 37.7 Å². The molecule has 3 rings (SSSR count). The van der Waals surface area contributed by atoms with Crippen LogP contribution in [0.4, 0.5) is 0 Å². The van der Waals surface area contributed by atoms with Gasteiger partial charge in [-0.1, -0.05) is 30.9 Å². The van der Waals surface area contributed by atoms with Gasteiger partial charge in [0.25, 0.3) is 5.91 Å². The Morgan fingerprint density at radius 3 is 2.75 bits per heavy atom. The van der Waals surface area contributed by atoms with Gasteiger partial charge in [-0.2, -0.15) is 0 Å². The standard InChI is InChI=1S/C17H20ClN3O3/c18-14-5-4-12(21-9-8-19-16(21)23)10-13(14)15(22)20-11-17(24)6-2-1-3-7-17/h4-5,8-10,24H,1-3,6-7,11H2,(H,19,23)(H,20,22). The molecule has 1 aliphatic carbocycles. The molecule has 0 spiro atoms. The predicted octanol–water partition coefficient (Wildman–Crippen LogP) is 2.24. The zero-order chi connectivity index (χ0) is 17.2. The highest BCUT2D eigenvalue weighted by Crippen LogP contribution is 2.27. The van der Waals surface area contributed by atoms with Gasteiger partial charge < -0.3 is 15.4 Å². The highest BCUT2D eigenvalue weighted by molar-refractivity contribution is 6.33. The normalized spacial score (nSPS) is 16.8. The zero-order valence-corrected chi connectivity index (χ0v) is 14.0. The van der Waals surface area contributed by atoms with Gasteiger partial charge in [-0.3, -0.25) is 9.36 Å². The molecule has 1 amide bonds. The Kier molecular flexibility index (Phi) is 4.78. The minimum Gasteiger partial charge on any atom is -0.388 e. The van der Waals surface area contributed by atoms with Crippen molar-refractivity contribution in [1.82, 2.24) is 14.9 Å². The number of aromatic amines is 1. The second-order valence-corrected chi connectivity index (χ2v) is 6.67. The molecule has 7 heteroatoms. The Bertz CT molecular complexity index is 790. The fourth-order valence-corrected chi connectivity index (χ4v) is 3.29. The number of hydrogen-bond donors (Lipinski definition) is 3. The lowest BCUT2D eigenvalue weighted by atomic mass is 9.85. The van der Waals surface area contributed by atoms with Gasteiger partial charge in [-0.25, -0.2) is 4.79 Å². The molecule has 0 aliphatic heterocycles. The van der Waals surface area contributed by atoms with Crippen molar-refractivity contribution in [1.29, 1.82) is 0 Å². The number of amides is 1. The van der Waals surface area contributed by atoms with Crippen LogP contribution in [-0.2, 0) is 0 Å². The number of nitrogens with one attached hydrogen (secondary N) is 2. The van der Waals surface area contributed by atoms with Crippen LogP contribution in [0.25, 0.3) is 5.69 Å². The fourth-order valence-electron chi connectivity index (χ4n) is 3.09. The third kappa shape index (κ3) is 3.55. The maximum atomic E-state index is 12.5. The minimum atomic E-state index is -0.838. The number of aromatic nitrogens is 2. The van der Waals surface area contributed by atoms with Crippen LogP contribution in [0.15, 0.2) is 35.4 Å². The molecule has 3 N–H and O–H groups in total. The van der Waals surface area contributed by atoms with E-state index in [4.69, 9.17) is 11.6 Å². The first-order valence-corrected chi connectivity index (χ1v) is 8.43. The van der Waals surface area contributed by atoms with Crippen LogP contribution >= 0.6 is 11.6 Å². The number of benzene rings is 1. The van der Waals surface area contributed by atoms with Crippen LogP contribution in [0.3, 0.4) is 0 Å². The van der Waals surface area contributed by atoms with Crippen molar-refractivity contribution < 1.29 is 9.90 Å². The van der Waals surface area contributed by atoms with E-state index in [9.17, 15) is 14.7 Å². The quantitative estimate of drug-likeness (QED) is 0.791. The first-order valence-electron chi connectivity index (χ1n) is 8.05. The largest absolute Gasteiger partial charge is 0.388 e. The molecule has 1 heterocycles. The van der Waals surface area contributed by atoms with E-state index in [-0.39, 0.29) is 23.7 Å². The van der Waals surface area contributed by atoms with Crippen molar-refractivity contribution in [3.8, 4) is 5.69 Å². The number of carbonyl (C=O) groups is 1. The van der Waals surface area contributed by atoms with E-state index in [2.05, 4.69) is 10.3 Å². The number of H-pyrrole nitrogens is 1. The molecule has 1 fully saturated rings. The summed E-state index contributed by atoms with van der Waals surface area (Å²) in [7, 11) is 0. The van der Waals surface area contributed by atoms with E-state index in [1.54, 1.807) is 24.4 Å². The number of aliphatic hydroxyl groups is 1. The van der Waals surface area contributed by atoms with Gasteiger partial charge in [0.1, 0.15) is 0 Å². The van der Waals surface area contributed by atoms with E-state index >= 15 is 0 Å². The second kappa shape index (κ2) is 6.83. The molecule has 1 aromatic carbocycles. The third-order valence-electron chi connectivity index (χ3n) is 4.48. The van der Waals surface area contributed by atoms with Crippen LogP contribution in [0.5, 0.6) is 0 Å². The summed E-state index contributed by atoms with van der Waals surface area (Å²) in [6, 6.07) is 4.82. The summed E-state index contributed by atoms with van der Waals surface area (Å²) in [6.07, 6.45) is 7.56. The van der Waals surface area contributed by atoms with E-state index in [1.807, 2.05) is 0 Å². The molecule has 24 heavy (non-hydrogen) atoms. The number of nitrogens with zero attached hydrogens (tertiary/aromatic N) is 1. The highest BCUT2D eigenvalue weighted by Gasteiger charge is 2.29. The van der Waals surface area contributed by atoms with Gasteiger partial charge in [0.2, 0.25) is 0 Å². The van der Waals surface area contributed by atoms with Gasteiger partial charge in [0.05, 0.1) is 21.9 Å². The summed E-state index contributed by atoms with van der Waals surface area (Å²) in [5.41, 5.74) is -0.302. The summed E-state index contributed by atoms with van der Waals surface area (Å²) in [6.45, 7) is 0.205. The molecule has 2 aromatic rings. The highest BCUT2D eigenvalue weighted by atomic mass is 35.5. The molecule has 1 aromatic heterocycles. The van der Waals surface area contributed by atoms with Crippen LogP contribution < -0.4 is 11.0 Å². The average molecular weight is 350 g/mol. The fraction of sp³-hybridized carbons (Fsp3) is 0.412. The van der Waals surface area contributed by atoms with Gasteiger partial charge in [-0.05, 0) is 31.0 Å². The smallest absolute Gasteiger partial charge is 0.330 e. The maximum absolute atomic E-state index is 12.5. The van der Waals surface area contributed by atoms with Crippen molar-refractivity contribution in [2.24, 2.45) is 0 Å². The van der Waals surface area contributed by atoms with Crippen molar-refractivity contribution >= 4 is 17.5 Å². The minimum absolute atomic E-state index is 0.205. The lowest BCUT2D eigenvalue weighted by Crippen LogP contribution is -2.44. The number of imidazole rings is 1. The van der Waals surface area contributed by atoms with Crippen molar-refractivity contribution in [2.75, 3.05) is 6.54 Å². The summed E-state index contributed by atoms with van der Waals surface area (Å²) in [5, 5.41) is 13.6. The Morgan fingerprint density at radius 2 is 2.08 bits per heavy atom. The maximum Gasteiger partial charge on any atom is 0.330 e. The molecule has 128 valence electrons. The van der Waals surface area contributed by atoms with Gasteiger partial charge >= 0.3 is 5.69 Å². The molecule has 0 radical (unpaired) electrons. The first kappa shape index (κ1) is 16.8. The number of carbonyl (C=O) groups excluding carboxylic acids is 1. The Labute approximate surface area is 144 Å². The van der Waals surface area contributed by atoms with Crippen molar-refractivity contribution in [3.05, 3.63) is 51.7 Å². The van der Waals surface area contributed by atoms with Gasteiger partial charge in [0.15, 0.2) is 0 Å². The summed E-state index contributed by atoms with van der Waals surface area (Å²) >= 11 is 6.13. The monoisotopic (exact) mass is 349 g/mol. The molecule has 6 nitrogen and oxygen atoms in total. The summed E-state index contributed by atoms with van der Waals surface area (Å²) in [4.78, 5) is 26.7. The lowest BCUT2D eigenvalue weighted by Gasteiger charge is -2.32. The number of rotatable bonds is 4. The number of halogens is 1. The van der Waals surface area contributed by atoms with Gasteiger partial charge in [0, 0.05) is 18.9 Å². The lowest BCUT2D eigenvalue weighted by molar-refractivity contribution is 0.00526. The zero-order valence-electron chi connectivity index (χ0n) is 13.2. The van der Waals surface area contributed by atoms with Gasteiger partial charge in [-0.15, -0.1) is 0 Å². The third-order valence-corrected chi connectivity index (χ3v) is 4.81. The Hall–Kier alpha value is -2.05. The van der Waals surface area contributed by atoms with Crippen molar-refractivity contribution in [3.63, 3.8) is 0 Å². The second-order valence-electron chi connectivity index (χ2n) is 6.27. The molecular weight excluding hydrogens is 330 g/mol. The Balaban J connectivity index is 1.77. The van der Waals surface area contributed by atoms with E-state index < -0.39 is 5.60 Å². The molecule has 0 saturated heterocycles. The van der Waals surface area contributed by atoms with E-state index in [0.29, 0.717) is 23.6 Å². The van der Waals surface area contributed by atoms with E-state index in [1.165, 1.54) is 10.8 Å². The molecule has 0 bridgehead atoms. The first-order chi connectivity index (χ1) is 11.5. The Morgan fingerprint density at radius 1 is 1.33 bits per heavy atom. The molecule has 0 atom stereocenters. The summed E-state index contributed by atoms with van der Waals surface area (Å²) in [5.74, 6) is -0.357. The average Bonchev–Trinajstić information content (AvgIpc) is 3.00. The van der Waals surface area contributed by atoms with Crippen LogP contribution in [0.1, 0.15) is 42.5 Å². The molecule has 1 saturated carbocycles. The topological polar surface area (TPSA) is 87.1 Å². The van der Waals surface area contributed by atoms with Crippen LogP contribution in [0.2, 0.25) is 5.02 Å². The van der Waals surface area contributed by atoms with Crippen LogP contribution in [-0.4, -0.2) is 32.7 Å². The van der Waals surface area contributed by atoms with E-state index in [0.717, 1.165) is 19.3 Å². The number of hydrogen-bond acceptors (Lipinski definition) is 3. The predicted molar refractivity (Wildman–Crippen MR) is 91.8 cm³/mol. The molecule has 1 aliphatic rings. The molecular formula is C17H20ClN3O3. The SMILES string of the molecule is O=C(NCC1(O)CCCCC1)c1cc(-n2cc[nH]c2=O)ccc1Cl.